The highest BCUT2D eigenvalue weighted by Gasteiger charge is 2.25. The fourth-order valence-electron chi connectivity index (χ4n) is 1.71. The Kier molecular flexibility index (Phi) is 3.08. The van der Waals surface area contributed by atoms with Gasteiger partial charge in [0, 0.05) is 37.3 Å². The van der Waals surface area contributed by atoms with Crippen molar-refractivity contribution in [3.63, 3.8) is 0 Å². The second-order valence-electron chi connectivity index (χ2n) is 4.42. The fourth-order valence-corrected chi connectivity index (χ4v) is 1.71. The predicted molar refractivity (Wildman–Crippen MR) is 66.6 cm³/mol. The van der Waals surface area contributed by atoms with Gasteiger partial charge in [0.25, 0.3) is 0 Å². The van der Waals surface area contributed by atoms with Crippen LogP contribution in [0.3, 0.4) is 0 Å². The molecular weight excluding hydrogens is 218 g/mol. The first kappa shape index (κ1) is 11.6. The average molecular weight is 233 g/mol. The molecule has 0 unspecified atom stereocenters. The van der Waals surface area contributed by atoms with E-state index < -0.39 is 4.92 Å². The van der Waals surface area contributed by atoms with Gasteiger partial charge in [-0.15, -0.1) is 0 Å². The van der Waals surface area contributed by atoms with Crippen LogP contribution in [0.25, 0.3) is 6.08 Å². The van der Waals surface area contributed by atoms with E-state index in [1.807, 2.05) is 31.1 Å². The molecule has 1 aromatic heterocycles. The molecule has 0 aliphatic heterocycles. The van der Waals surface area contributed by atoms with E-state index in [-0.39, 0.29) is 0 Å². The van der Waals surface area contributed by atoms with E-state index in [4.69, 9.17) is 0 Å². The van der Waals surface area contributed by atoms with Crippen LogP contribution in [0.15, 0.2) is 18.3 Å². The Bertz CT molecular complexity index is 465. The minimum atomic E-state index is -0.464. The number of hydrogen-bond acceptors (Lipinski definition) is 4. The van der Waals surface area contributed by atoms with Gasteiger partial charge >= 0.3 is 0 Å². The lowest BCUT2D eigenvalue weighted by molar-refractivity contribution is -0.400. The maximum absolute atomic E-state index is 10.3. The second kappa shape index (κ2) is 4.53. The van der Waals surface area contributed by atoms with E-state index in [1.165, 1.54) is 18.9 Å². The molecule has 90 valence electrons. The van der Waals surface area contributed by atoms with Crippen molar-refractivity contribution in [1.82, 2.24) is 4.98 Å². The average Bonchev–Trinajstić information content (AvgIpc) is 3.09. The van der Waals surface area contributed by atoms with E-state index in [1.54, 1.807) is 0 Å². The number of nitrogens with zero attached hydrogens (tertiary/aromatic N) is 3. The lowest BCUT2D eigenvalue weighted by atomic mass is 10.2. The van der Waals surface area contributed by atoms with E-state index in [0.29, 0.717) is 5.92 Å². The molecule has 1 saturated carbocycles. The Morgan fingerprint density at radius 2 is 2.18 bits per heavy atom. The summed E-state index contributed by atoms with van der Waals surface area (Å²) in [5.74, 6) is 1.37. The van der Waals surface area contributed by atoms with Crippen LogP contribution in [0.2, 0.25) is 0 Å². The molecule has 5 heteroatoms. The van der Waals surface area contributed by atoms with Crippen molar-refractivity contribution in [2.24, 2.45) is 0 Å². The van der Waals surface area contributed by atoms with E-state index in [0.717, 1.165) is 23.3 Å². The van der Waals surface area contributed by atoms with Gasteiger partial charge in [-0.05, 0) is 25.0 Å². The summed E-state index contributed by atoms with van der Waals surface area (Å²) in [7, 11) is 3.78. The molecule has 0 spiro atoms. The molecule has 1 aliphatic carbocycles. The third-order valence-electron chi connectivity index (χ3n) is 2.72. The number of aromatic nitrogens is 1. The number of hydrogen-bond donors (Lipinski definition) is 0. The zero-order valence-electron chi connectivity index (χ0n) is 9.96. The van der Waals surface area contributed by atoms with Gasteiger partial charge < -0.3 is 4.90 Å². The van der Waals surface area contributed by atoms with Gasteiger partial charge in [-0.3, -0.25) is 10.1 Å². The van der Waals surface area contributed by atoms with Gasteiger partial charge in [0.15, 0.2) is 0 Å². The van der Waals surface area contributed by atoms with Crippen LogP contribution in [0.1, 0.15) is 30.0 Å². The summed E-state index contributed by atoms with van der Waals surface area (Å²) in [5.41, 5.74) is 1.86. The van der Waals surface area contributed by atoms with Crippen LogP contribution in [0.4, 0.5) is 5.82 Å². The monoisotopic (exact) mass is 233 g/mol. The molecule has 1 aliphatic rings. The molecule has 0 bridgehead atoms. The first-order valence-electron chi connectivity index (χ1n) is 5.58. The van der Waals surface area contributed by atoms with Crippen molar-refractivity contribution in [3.8, 4) is 0 Å². The van der Waals surface area contributed by atoms with Crippen molar-refractivity contribution in [2.45, 2.75) is 18.8 Å². The third-order valence-corrected chi connectivity index (χ3v) is 2.72. The zero-order valence-corrected chi connectivity index (χ0v) is 9.96. The standard InChI is InChI=1S/C12H15N3O2/c1-14(2)12-10(7-8-15(16)17)5-6-11(13-12)9-3-4-9/h5-9H,3-4H2,1-2H3/b8-7+. The van der Waals surface area contributed by atoms with Crippen LogP contribution in [0.5, 0.6) is 0 Å². The smallest absolute Gasteiger partial charge is 0.235 e. The summed E-state index contributed by atoms with van der Waals surface area (Å²) in [6, 6.07) is 3.86. The highest BCUT2D eigenvalue weighted by Crippen LogP contribution is 2.39. The van der Waals surface area contributed by atoms with Gasteiger partial charge in [0.05, 0.1) is 4.92 Å². The third kappa shape index (κ3) is 2.81. The first-order chi connectivity index (χ1) is 8.08. The van der Waals surface area contributed by atoms with Crippen LogP contribution >= 0.6 is 0 Å². The van der Waals surface area contributed by atoms with E-state index >= 15 is 0 Å². The second-order valence-corrected chi connectivity index (χ2v) is 4.42. The van der Waals surface area contributed by atoms with Crippen molar-refractivity contribution < 1.29 is 4.92 Å². The van der Waals surface area contributed by atoms with E-state index in [9.17, 15) is 10.1 Å². The first-order valence-corrected chi connectivity index (χ1v) is 5.58. The Labute approximate surface area is 99.9 Å². The molecule has 2 rings (SSSR count). The topological polar surface area (TPSA) is 59.3 Å². The summed E-state index contributed by atoms with van der Waals surface area (Å²) in [5, 5.41) is 10.3. The summed E-state index contributed by atoms with van der Waals surface area (Å²) in [6.07, 6.45) is 4.83. The lowest BCUT2D eigenvalue weighted by Crippen LogP contribution is -2.13. The maximum Gasteiger partial charge on any atom is 0.235 e. The molecule has 0 radical (unpaired) electrons. The van der Waals surface area contributed by atoms with Gasteiger partial charge in [-0.2, -0.15) is 0 Å². The molecule has 17 heavy (non-hydrogen) atoms. The van der Waals surface area contributed by atoms with Crippen LogP contribution in [0, 0.1) is 10.1 Å². The molecule has 1 fully saturated rings. The van der Waals surface area contributed by atoms with Gasteiger partial charge in [-0.25, -0.2) is 4.98 Å². The highest BCUT2D eigenvalue weighted by molar-refractivity contribution is 5.63. The quantitative estimate of drug-likeness (QED) is 0.591. The molecule has 1 heterocycles. The summed E-state index contributed by atoms with van der Waals surface area (Å²) in [4.78, 5) is 16.3. The minimum Gasteiger partial charge on any atom is -0.362 e. The van der Waals surface area contributed by atoms with Crippen molar-refractivity contribution in [1.29, 1.82) is 0 Å². The molecule has 5 nitrogen and oxygen atoms in total. The molecule has 0 saturated heterocycles. The van der Waals surface area contributed by atoms with Crippen molar-refractivity contribution >= 4 is 11.9 Å². The number of nitro groups is 1. The summed E-state index contributed by atoms with van der Waals surface area (Å²) in [6.45, 7) is 0. The SMILES string of the molecule is CN(C)c1nc(C2CC2)ccc1/C=C/[N+](=O)[O-]. The maximum atomic E-state index is 10.3. The molecule has 0 amide bonds. The molecule has 1 aromatic rings. The van der Waals surface area contributed by atoms with Crippen LogP contribution < -0.4 is 4.90 Å². The molecular formula is C12H15N3O2. The molecule has 0 atom stereocenters. The van der Waals surface area contributed by atoms with E-state index in [2.05, 4.69) is 4.98 Å². The summed E-state index contributed by atoms with van der Waals surface area (Å²) < 4.78 is 0. The highest BCUT2D eigenvalue weighted by atomic mass is 16.6. The van der Waals surface area contributed by atoms with Gasteiger partial charge in [0.2, 0.25) is 6.20 Å². The van der Waals surface area contributed by atoms with Gasteiger partial charge in [-0.1, -0.05) is 0 Å². The van der Waals surface area contributed by atoms with Crippen molar-refractivity contribution in [3.05, 3.63) is 39.7 Å². The minimum absolute atomic E-state index is 0.464. The fraction of sp³-hybridized carbons (Fsp3) is 0.417. The normalized spacial score (nSPS) is 15.2. The number of anilines is 1. The zero-order chi connectivity index (χ0) is 12.4. The lowest BCUT2D eigenvalue weighted by Gasteiger charge is -2.15. The number of rotatable bonds is 4. The summed E-state index contributed by atoms with van der Waals surface area (Å²) >= 11 is 0. The Morgan fingerprint density at radius 3 is 2.71 bits per heavy atom. The van der Waals surface area contributed by atoms with Crippen LogP contribution in [-0.2, 0) is 0 Å². The Hall–Kier alpha value is -1.91. The number of pyridine rings is 1. The van der Waals surface area contributed by atoms with Crippen molar-refractivity contribution in [2.75, 3.05) is 19.0 Å². The molecule has 0 N–H and O–H groups in total. The molecule has 0 aromatic carbocycles. The largest absolute Gasteiger partial charge is 0.362 e. The van der Waals surface area contributed by atoms with Gasteiger partial charge in [0.1, 0.15) is 5.82 Å². The Balaban J connectivity index is 2.33. The predicted octanol–water partition coefficient (Wildman–Crippen LogP) is 2.27. The van der Waals surface area contributed by atoms with Crippen LogP contribution in [-0.4, -0.2) is 24.0 Å². The Morgan fingerprint density at radius 1 is 1.47 bits per heavy atom.